The van der Waals surface area contributed by atoms with Crippen LogP contribution in [-0.2, 0) is 41.4 Å². The number of carbonyl (C=O) groups excluding carboxylic acids is 4. The molecule has 0 radical (unpaired) electrons. The molecule has 2 saturated heterocycles. The number of thiazole rings is 1. The van der Waals surface area contributed by atoms with Crippen LogP contribution in [0.4, 0.5) is 24.5 Å². The monoisotopic (exact) mass is 1110 g/mol. The molecule has 1 aromatic heterocycles. The lowest BCUT2D eigenvalue weighted by Gasteiger charge is -2.35. The second-order valence-corrected chi connectivity index (χ2v) is 21.8. The predicted molar refractivity (Wildman–Crippen MR) is 296 cm³/mol. The molecule has 3 atom stereocenters. The Balaban J connectivity index is 0.000000285. The van der Waals surface area contributed by atoms with Gasteiger partial charge in [-0.15, -0.1) is 11.3 Å². The van der Waals surface area contributed by atoms with Crippen molar-refractivity contribution in [1.29, 1.82) is 5.26 Å². The molecule has 20 heteroatoms. The average molecular weight is 1110 g/mol. The molecule has 2 fully saturated rings. The lowest BCUT2D eigenvalue weighted by Crippen LogP contribution is -2.57. The van der Waals surface area contributed by atoms with E-state index in [2.05, 4.69) is 22.5 Å². The number of halogens is 3. The van der Waals surface area contributed by atoms with Gasteiger partial charge in [-0.3, -0.25) is 24.1 Å². The number of rotatable bonds is 24. The van der Waals surface area contributed by atoms with E-state index in [-0.39, 0.29) is 41.5 Å². The van der Waals surface area contributed by atoms with Gasteiger partial charge in [-0.1, -0.05) is 64.8 Å². The van der Waals surface area contributed by atoms with Crippen LogP contribution in [0.25, 0.3) is 10.4 Å². The van der Waals surface area contributed by atoms with Crippen molar-refractivity contribution in [1.82, 2.24) is 20.5 Å². The van der Waals surface area contributed by atoms with Crippen molar-refractivity contribution in [3.8, 4) is 22.3 Å². The molecule has 4 amide bonds. The first kappa shape index (κ1) is 61.9. The number of β-amino-alcohol motifs (C(OH)–C–C–N with tert-alkyl or cyclic N) is 1. The van der Waals surface area contributed by atoms with Crippen LogP contribution in [0.5, 0.6) is 5.75 Å². The van der Waals surface area contributed by atoms with Gasteiger partial charge >= 0.3 is 6.18 Å². The minimum Gasteiger partial charge on any atom is -0.494 e. The van der Waals surface area contributed by atoms with Gasteiger partial charge in [0, 0.05) is 58.0 Å². The van der Waals surface area contributed by atoms with Gasteiger partial charge in [0.2, 0.25) is 17.7 Å². The molecule has 2 aliphatic heterocycles. The summed E-state index contributed by atoms with van der Waals surface area (Å²) < 4.78 is 57.3. The minimum absolute atomic E-state index is 0.0411. The van der Waals surface area contributed by atoms with Crippen LogP contribution in [0, 0.1) is 23.7 Å². The van der Waals surface area contributed by atoms with Gasteiger partial charge in [-0.25, -0.2) is 4.98 Å². The fourth-order valence-electron chi connectivity index (χ4n) is 8.85. The fourth-order valence-corrected chi connectivity index (χ4v) is 10.2. The van der Waals surface area contributed by atoms with Crippen LogP contribution in [-0.4, -0.2) is 107 Å². The molecule has 0 spiro atoms. The number of ether oxygens (including phenoxy) is 3. The molecule has 15 nitrogen and oxygen atoms in total. The summed E-state index contributed by atoms with van der Waals surface area (Å²) in [5.74, 6) is -0.647. The van der Waals surface area contributed by atoms with Crippen LogP contribution in [0.15, 0.2) is 72.2 Å². The molecule has 4 aromatic rings. The van der Waals surface area contributed by atoms with Crippen LogP contribution in [0.2, 0.25) is 0 Å². The molecule has 6 rings (SSSR count). The molecule has 0 unspecified atom stereocenters. The number of benzene rings is 3. The highest BCUT2D eigenvalue weighted by Gasteiger charge is 2.51. The number of thiocarbonyl (C=S) groups is 1. The summed E-state index contributed by atoms with van der Waals surface area (Å²) in [4.78, 5) is 62.1. The van der Waals surface area contributed by atoms with E-state index in [9.17, 15) is 37.5 Å². The van der Waals surface area contributed by atoms with Crippen molar-refractivity contribution >= 4 is 63.7 Å². The number of aliphatic hydroxyl groups is 1. The van der Waals surface area contributed by atoms with Crippen LogP contribution in [0.1, 0.15) is 129 Å². The first-order chi connectivity index (χ1) is 36.5. The Bertz CT molecular complexity index is 2650. The van der Waals surface area contributed by atoms with E-state index in [4.69, 9.17) is 31.7 Å². The van der Waals surface area contributed by atoms with Crippen LogP contribution >= 0.6 is 23.6 Å². The summed E-state index contributed by atoms with van der Waals surface area (Å²) in [7, 11) is 0. The normalized spacial score (nSPS) is 16.7. The highest BCUT2D eigenvalue weighted by molar-refractivity contribution is 7.81. The minimum atomic E-state index is -4.76. The molecule has 0 saturated carbocycles. The van der Waals surface area contributed by atoms with Gasteiger partial charge in [0.1, 0.15) is 23.4 Å². The number of amides is 4. The van der Waals surface area contributed by atoms with Gasteiger partial charge in [-0.05, 0) is 131 Å². The van der Waals surface area contributed by atoms with Gasteiger partial charge < -0.3 is 39.8 Å². The Morgan fingerprint density at radius 2 is 1.56 bits per heavy atom. The average Bonchev–Trinajstić information content (AvgIpc) is 4.06. The molecule has 418 valence electrons. The third-order valence-corrected chi connectivity index (χ3v) is 14.5. The van der Waals surface area contributed by atoms with E-state index < -0.39 is 52.4 Å². The van der Waals surface area contributed by atoms with E-state index in [1.807, 2.05) is 64.4 Å². The first-order valence-electron chi connectivity index (χ1n) is 26.3. The molecule has 3 heterocycles. The Morgan fingerprint density at radius 1 is 0.922 bits per heavy atom. The van der Waals surface area contributed by atoms with Crippen molar-refractivity contribution in [3.05, 3.63) is 94.6 Å². The van der Waals surface area contributed by atoms with Crippen molar-refractivity contribution in [2.24, 2.45) is 5.41 Å². The summed E-state index contributed by atoms with van der Waals surface area (Å²) >= 11 is 7.16. The quantitative estimate of drug-likeness (QED) is 0.0446. The molecular formula is C57H74F3N7O8S2. The number of aromatic nitrogens is 1. The molecule has 0 bridgehead atoms. The van der Waals surface area contributed by atoms with Gasteiger partial charge in [0.05, 0.1) is 51.7 Å². The molecule has 0 aliphatic carbocycles. The second kappa shape index (κ2) is 28.6. The number of aryl methyl sites for hydroxylation is 1. The lowest BCUT2D eigenvalue weighted by atomic mass is 9.85. The third kappa shape index (κ3) is 17.0. The zero-order valence-electron chi connectivity index (χ0n) is 45.5. The molecule has 3 N–H and O–H groups in total. The molecule has 3 aromatic carbocycles. The summed E-state index contributed by atoms with van der Waals surface area (Å²) in [6, 6.07) is 18.1. The Labute approximate surface area is 460 Å². The van der Waals surface area contributed by atoms with Gasteiger partial charge in [0.15, 0.2) is 5.11 Å². The van der Waals surface area contributed by atoms with E-state index in [1.54, 1.807) is 60.4 Å². The predicted octanol–water partition coefficient (Wildman–Crippen LogP) is 10.3. The smallest absolute Gasteiger partial charge is 0.417 e. The van der Waals surface area contributed by atoms with Crippen molar-refractivity contribution < 1.29 is 51.7 Å². The summed E-state index contributed by atoms with van der Waals surface area (Å²) in [5, 5.41) is 25.3. The number of nitrogens with zero attached hydrogens (tertiary/aromatic N) is 5. The highest BCUT2D eigenvalue weighted by atomic mass is 32.1. The van der Waals surface area contributed by atoms with E-state index in [1.165, 1.54) is 11.0 Å². The van der Waals surface area contributed by atoms with Gasteiger partial charge in [0.25, 0.3) is 5.91 Å². The number of nitriles is 1. The highest BCUT2D eigenvalue weighted by Crippen LogP contribution is 2.40. The Morgan fingerprint density at radius 3 is 2.14 bits per heavy atom. The maximum Gasteiger partial charge on any atom is 0.417 e. The topological polar surface area (TPSA) is 187 Å². The van der Waals surface area contributed by atoms with E-state index in [0.29, 0.717) is 37.6 Å². The van der Waals surface area contributed by atoms with Crippen molar-refractivity contribution in [2.75, 3.05) is 49.4 Å². The third-order valence-electron chi connectivity index (χ3n) is 13.2. The Hall–Kier alpha value is -5.98. The standard InChI is InChI=1S/C29H34F3N3O4S.C28H40N4O4S/c1-4-37-15-5-6-16-38-17-7-8-18-39-24-13-11-22(12-14-24)35-27(40)34(26(36)28(35,2)3)23-10-9-21(20-33)25(19-23)29(30,31)32;1-6-7-8-9-23(34)31-25(28(3,4)5)27(36)32-16-21(33)14-22(32)26(35)29-15-19-10-12-20(13-11-19)24-18(2)30-17-37-24/h9-14,19H,4-8,15-18H2,1-3H3;10-13,17,21-22,25,33H,6-9,14-16H2,1-5H3,(H,29,35)(H,31,34)/t;21-,22+,25-/m.1/s1. The largest absolute Gasteiger partial charge is 0.494 e. The van der Waals surface area contributed by atoms with Crippen molar-refractivity contribution in [3.63, 3.8) is 0 Å². The van der Waals surface area contributed by atoms with E-state index in [0.717, 1.165) is 103 Å². The number of alkyl halides is 3. The number of hydrogen-bond acceptors (Lipinski definition) is 12. The van der Waals surface area contributed by atoms with Crippen LogP contribution in [0.3, 0.4) is 0 Å². The summed E-state index contributed by atoms with van der Waals surface area (Å²) in [6.45, 7) is 18.8. The zero-order chi connectivity index (χ0) is 56.5. The Kier molecular flexibility index (Phi) is 23.0. The molecule has 77 heavy (non-hydrogen) atoms. The summed E-state index contributed by atoms with van der Waals surface area (Å²) in [5.41, 5.74) is 2.01. The number of nitrogens with one attached hydrogen (secondary N) is 2. The molecule has 2 aliphatic rings. The number of carbonyl (C=O) groups is 4. The lowest BCUT2D eigenvalue weighted by molar-refractivity contribution is -0.144. The fraction of sp³-hybridized carbons (Fsp3) is 0.526. The second-order valence-electron chi connectivity index (χ2n) is 20.6. The number of unbranched alkanes of at least 4 members (excludes halogenated alkanes) is 4. The SMILES string of the molecule is CCCCCC(=O)N[C@H](C(=O)N1C[C@H](O)C[C@H]1C(=O)NCc1ccc(-c2scnc2C)cc1)C(C)(C)C.CCOCCCCOCCCCOc1ccc(N2C(=S)N(c3ccc(C#N)c(C(F)(F)F)c3)C(=O)C2(C)C)cc1. The maximum absolute atomic E-state index is 13.6. The first-order valence-corrected chi connectivity index (χ1v) is 27.6. The number of hydrogen-bond donors (Lipinski definition) is 3. The zero-order valence-corrected chi connectivity index (χ0v) is 47.1. The van der Waals surface area contributed by atoms with Crippen molar-refractivity contribution in [2.45, 2.75) is 150 Å². The van der Waals surface area contributed by atoms with Crippen LogP contribution < -0.4 is 25.2 Å². The molecular weight excluding hydrogens is 1030 g/mol. The number of anilines is 2. The number of likely N-dealkylation sites (tertiary alicyclic amines) is 1. The summed E-state index contributed by atoms with van der Waals surface area (Å²) in [6.07, 6.45) is 1.40. The van der Waals surface area contributed by atoms with Gasteiger partial charge in [-0.2, -0.15) is 18.4 Å². The van der Waals surface area contributed by atoms with E-state index >= 15 is 0 Å². The maximum atomic E-state index is 13.6. The number of aliphatic hydroxyl groups excluding tert-OH is 1.